The van der Waals surface area contributed by atoms with Gasteiger partial charge in [-0.2, -0.15) is 5.26 Å². The lowest BCUT2D eigenvalue weighted by molar-refractivity contribution is -0.131. The Morgan fingerprint density at radius 2 is 2.12 bits per heavy atom. The van der Waals surface area contributed by atoms with Crippen LogP contribution in [0.3, 0.4) is 0 Å². The Balaban J connectivity index is 0.00000156. The maximum Gasteiger partial charge on any atom is 0.240 e. The monoisotopic (exact) mass is 402 g/mol. The maximum atomic E-state index is 12.4. The Bertz CT molecular complexity index is 602. The van der Waals surface area contributed by atoms with Crippen molar-refractivity contribution in [3.8, 4) is 6.07 Å². The van der Waals surface area contributed by atoms with Crippen molar-refractivity contribution >= 4 is 42.5 Å². The number of hydrogen-bond acceptors (Lipinski definition) is 5. The van der Waals surface area contributed by atoms with Gasteiger partial charge in [-0.05, 0) is 31.2 Å². The number of likely N-dealkylation sites (N-methyl/N-ethyl adjacent to an activating group) is 1. The lowest BCUT2D eigenvalue weighted by atomic mass is 10.1. The molecule has 2 saturated heterocycles. The van der Waals surface area contributed by atoms with E-state index in [1.807, 2.05) is 40.9 Å². The average molecular weight is 403 g/mol. The van der Waals surface area contributed by atoms with Crippen LogP contribution >= 0.6 is 36.6 Å². The van der Waals surface area contributed by atoms with Gasteiger partial charge in [0.15, 0.2) is 0 Å². The molecule has 3 rings (SSSR count). The molecule has 2 heterocycles. The summed E-state index contributed by atoms with van der Waals surface area (Å²) in [4.78, 5) is 16.7. The van der Waals surface area contributed by atoms with E-state index in [9.17, 15) is 4.79 Å². The number of nitrogens with zero attached hydrogens (tertiary/aromatic N) is 3. The number of amides is 1. The first-order valence-corrected chi connectivity index (χ1v) is 9.12. The molecule has 0 aromatic heterocycles. The molecule has 0 radical (unpaired) electrons. The second-order valence-electron chi connectivity index (χ2n) is 6.21. The number of thioether (sulfide) groups is 1. The molecular formula is C17H24Cl2N4OS. The van der Waals surface area contributed by atoms with Crippen molar-refractivity contribution in [3.63, 3.8) is 0 Å². The number of carbonyl (C=O) groups excluding carboxylic acids is 1. The summed E-state index contributed by atoms with van der Waals surface area (Å²) in [5.74, 6) is 2.15. The molecule has 2 aliphatic rings. The van der Waals surface area contributed by atoms with Gasteiger partial charge in [0, 0.05) is 31.4 Å². The van der Waals surface area contributed by atoms with Gasteiger partial charge in [0.1, 0.15) is 0 Å². The van der Waals surface area contributed by atoms with Gasteiger partial charge in [-0.1, -0.05) is 12.1 Å². The number of rotatable bonds is 4. The third kappa shape index (κ3) is 5.50. The van der Waals surface area contributed by atoms with Gasteiger partial charge in [-0.25, -0.2) is 0 Å². The minimum atomic E-state index is -0.0397. The van der Waals surface area contributed by atoms with E-state index in [-0.39, 0.29) is 36.8 Å². The highest BCUT2D eigenvalue weighted by molar-refractivity contribution is 7.99. The lowest BCUT2D eigenvalue weighted by Gasteiger charge is -2.24. The molecule has 1 aromatic carbocycles. The van der Waals surface area contributed by atoms with Crippen LogP contribution in [-0.2, 0) is 11.3 Å². The highest BCUT2D eigenvalue weighted by Crippen LogP contribution is 2.20. The summed E-state index contributed by atoms with van der Waals surface area (Å²) in [6, 6.07) is 10.2. The van der Waals surface area contributed by atoms with Crippen molar-refractivity contribution in [2.75, 3.05) is 31.8 Å². The van der Waals surface area contributed by atoms with E-state index in [4.69, 9.17) is 5.26 Å². The molecule has 2 atom stereocenters. The highest BCUT2D eigenvalue weighted by atomic mass is 35.5. The van der Waals surface area contributed by atoms with Gasteiger partial charge < -0.3 is 10.2 Å². The van der Waals surface area contributed by atoms with Gasteiger partial charge in [-0.15, -0.1) is 36.6 Å². The zero-order valence-corrected chi connectivity index (χ0v) is 16.6. The largest absolute Gasteiger partial charge is 0.331 e. The molecule has 0 saturated carbocycles. The summed E-state index contributed by atoms with van der Waals surface area (Å²) in [6.45, 7) is 2.57. The van der Waals surface area contributed by atoms with E-state index in [0.717, 1.165) is 37.7 Å². The molecule has 0 aliphatic carbocycles. The van der Waals surface area contributed by atoms with E-state index in [2.05, 4.69) is 23.3 Å². The molecule has 1 aromatic rings. The van der Waals surface area contributed by atoms with Crippen LogP contribution < -0.4 is 5.32 Å². The predicted molar refractivity (Wildman–Crippen MR) is 106 cm³/mol. The SMILES string of the molecule is CN(Cc1ccc(C#N)cc1)[C@@H]1CN[C@H](C(=O)N2CCSC2)C1.Cl.Cl. The van der Waals surface area contributed by atoms with E-state index in [1.165, 1.54) is 5.56 Å². The van der Waals surface area contributed by atoms with Gasteiger partial charge in [0.2, 0.25) is 5.91 Å². The number of hydrogen-bond donors (Lipinski definition) is 1. The summed E-state index contributed by atoms with van der Waals surface area (Å²) < 4.78 is 0. The van der Waals surface area contributed by atoms with Crippen molar-refractivity contribution in [2.24, 2.45) is 0 Å². The molecule has 138 valence electrons. The molecule has 5 nitrogen and oxygen atoms in total. The maximum absolute atomic E-state index is 12.4. The smallest absolute Gasteiger partial charge is 0.240 e. The summed E-state index contributed by atoms with van der Waals surface area (Å²) in [6.07, 6.45) is 0.868. The van der Waals surface area contributed by atoms with Gasteiger partial charge in [0.25, 0.3) is 0 Å². The Hall–Kier alpha value is -0.970. The Kier molecular flexibility index (Phi) is 9.04. The Morgan fingerprint density at radius 1 is 1.40 bits per heavy atom. The first-order chi connectivity index (χ1) is 11.2. The third-order valence-corrected chi connectivity index (χ3v) is 5.57. The first kappa shape index (κ1) is 22.1. The van der Waals surface area contributed by atoms with E-state index < -0.39 is 0 Å². The minimum Gasteiger partial charge on any atom is -0.331 e. The normalized spacial score (nSPS) is 22.2. The van der Waals surface area contributed by atoms with Crippen LogP contribution in [0.2, 0.25) is 0 Å². The van der Waals surface area contributed by atoms with Crippen LogP contribution in [0.5, 0.6) is 0 Å². The van der Waals surface area contributed by atoms with Crippen LogP contribution in [-0.4, -0.2) is 59.6 Å². The highest BCUT2D eigenvalue weighted by Gasteiger charge is 2.34. The average Bonchev–Trinajstić information content (AvgIpc) is 3.26. The van der Waals surface area contributed by atoms with Crippen molar-refractivity contribution in [3.05, 3.63) is 35.4 Å². The number of nitriles is 1. The Morgan fingerprint density at radius 3 is 2.72 bits per heavy atom. The van der Waals surface area contributed by atoms with Gasteiger partial charge >= 0.3 is 0 Å². The van der Waals surface area contributed by atoms with Crippen molar-refractivity contribution in [1.29, 1.82) is 5.26 Å². The second-order valence-corrected chi connectivity index (χ2v) is 7.29. The fraction of sp³-hybridized carbons (Fsp3) is 0.529. The molecule has 0 spiro atoms. The molecule has 0 bridgehead atoms. The van der Waals surface area contributed by atoms with Gasteiger partial charge in [0.05, 0.1) is 23.6 Å². The number of carbonyl (C=O) groups is 1. The van der Waals surface area contributed by atoms with Crippen LogP contribution in [0.4, 0.5) is 0 Å². The van der Waals surface area contributed by atoms with Crippen LogP contribution in [0.25, 0.3) is 0 Å². The van der Waals surface area contributed by atoms with E-state index in [1.54, 1.807) is 0 Å². The van der Waals surface area contributed by atoms with Gasteiger partial charge in [-0.3, -0.25) is 9.69 Å². The number of nitrogens with one attached hydrogen (secondary N) is 1. The second kappa shape index (κ2) is 10.2. The molecule has 2 fully saturated rings. The predicted octanol–water partition coefficient (Wildman–Crippen LogP) is 2.10. The van der Waals surface area contributed by atoms with Crippen LogP contribution in [0, 0.1) is 11.3 Å². The quantitative estimate of drug-likeness (QED) is 0.835. The number of benzene rings is 1. The van der Waals surface area contributed by atoms with Crippen LogP contribution in [0.1, 0.15) is 17.5 Å². The summed E-state index contributed by atoms with van der Waals surface area (Å²) in [5.41, 5.74) is 1.88. The fourth-order valence-electron chi connectivity index (χ4n) is 3.15. The van der Waals surface area contributed by atoms with E-state index >= 15 is 0 Å². The summed E-state index contributed by atoms with van der Waals surface area (Å²) in [5, 5.41) is 12.2. The summed E-state index contributed by atoms with van der Waals surface area (Å²) >= 11 is 1.83. The molecule has 25 heavy (non-hydrogen) atoms. The zero-order valence-electron chi connectivity index (χ0n) is 14.2. The van der Waals surface area contributed by atoms with E-state index in [0.29, 0.717) is 11.6 Å². The third-order valence-electron chi connectivity index (χ3n) is 4.61. The van der Waals surface area contributed by atoms with Crippen molar-refractivity contribution in [1.82, 2.24) is 15.1 Å². The standard InChI is InChI=1S/C17H22N4OS.2ClH/c1-20(11-14-4-2-13(9-18)3-5-14)15-8-16(19-10-15)17(22)21-6-7-23-12-21;;/h2-5,15-16,19H,6-8,10-12H2,1H3;2*1H/t15-,16-;;/m0../s1. The summed E-state index contributed by atoms with van der Waals surface area (Å²) in [7, 11) is 2.10. The first-order valence-electron chi connectivity index (χ1n) is 7.96. The zero-order chi connectivity index (χ0) is 16.2. The molecule has 0 unspecified atom stereocenters. The topological polar surface area (TPSA) is 59.4 Å². The molecule has 1 amide bonds. The van der Waals surface area contributed by atoms with Crippen LogP contribution in [0.15, 0.2) is 24.3 Å². The Labute approximate surface area is 165 Å². The lowest BCUT2D eigenvalue weighted by Crippen LogP contribution is -2.42. The minimum absolute atomic E-state index is 0. The molecule has 8 heteroatoms. The molecular weight excluding hydrogens is 379 g/mol. The number of halogens is 2. The van der Waals surface area contributed by atoms with Crippen molar-refractivity contribution in [2.45, 2.75) is 25.0 Å². The molecule has 2 aliphatic heterocycles. The van der Waals surface area contributed by atoms with Crippen molar-refractivity contribution < 1.29 is 4.79 Å². The molecule has 1 N–H and O–H groups in total. The fourth-order valence-corrected chi connectivity index (χ4v) is 4.11.